The molecule has 0 radical (unpaired) electrons. The summed E-state index contributed by atoms with van der Waals surface area (Å²) in [5.41, 5.74) is 4.28. The van der Waals surface area contributed by atoms with Gasteiger partial charge in [-0.15, -0.1) is 0 Å². The molecule has 0 fully saturated rings. The lowest BCUT2D eigenvalue weighted by Crippen LogP contribution is -2.32. The van der Waals surface area contributed by atoms with E-state index < -0.39 is 12.7 Å². The molecule has 1 heterocycles. The molecule has 0 aliphatic rings. The van der Waals surface area contributed by atoms with Crippen molar-refractivity contribution in [1.82, 2.24) is 0 Å². The van der Waals surface area contributed by atoms with Crippen molar-refractivity contribution in [2.45, 2.75) is 40.4 Å². The summed E-state index contributed by atoms with van der Waals surface area (Å²) in [6.07, 6.45) is 2.00. The van der Waals surface area contributed by atoms with Gasteiger partial charge in [-0.1, -0.05) is 38.5 Å². The zero-order valence-electron chi connectivity index (χ0n) is 17.0. The van der Waals surface area contributed by atoms with Gasteiger partial charge in [0.05, 0.1) is 0 Å². The quantitative estimate of drug-likeness (QED) is 0.721. The van der Waals surface area contributed by atoms with Crippen LogP contribution in [0.4, 0.5) is 0 Å². The number of nitrogens with zero attached hydrogens (tertiary/aromatic N) is 1. The van der Waals surface area contributed by atoms with Crippen LogP contribution >= 0.6 is 0 Å². The molecule has 1 aromatic heterocycles. The Morgan fingerprint density at radius 3 is 2.45 bits per heavy atom. The smallest absolute Gasteiger partial charge is 0.201 e. The molecule has 0 aliphatic heterocycles. The van der Waals surface area contributed by atoms with Gasteiger partial charge in [-0.25, -0.2) is 4.57 Å². The van der Waals surface area contributed by atoms with Crippen LogP contribution in [0, 0.1) is 19.7 Å². The molecule has 106 valence electrons. The van der Waals surface area contributed by atoms with Crippen molar-refractivity contribution in [2.75, 3.05) is 0 Å². The van der Waals surface area contributed by atoms with E-state index in [1.807, 2.05) is 49.9 Å². The Labute approximate surface area is 128 Å². The van der Waals surface area contributed by atoms with Crippen LogP contribution in [-0.2, 0) is 7.05 Å². The number of rotatable bonds is 3. The number of aromatic nitrogens is 1. The van der Waals surface area contributed by atoms with E-state index in [9.17, 15) is 0 Å². The fourth-order valence-corrected chi connectivity index (χ4v) is 2.40. The van der Waals surface area contributed by atoms with Crippen LogP contribution in [0.3, 0.4) is 0 Å². The van der Waals surface area contributed by atoms with Crippen molar-refractivity contribution in [1.29, 1.82) is 0 Å². The largest absolute Gasteiger partial charge is 0.212 e. The molecule has 2 aromatic rings. The molecule has 0 amide bonds. The van der Waals surface area contributed by atoms with Gasteiger partial charge in [0.1, 0.15) is 7.05 Å². The molecule has 1 heteroatoms. The van der Waals surface area contributed by atoms with Crippen LogP contribution in [0.5, 0.6) is 0 Å². The van der Waals surface area contributed by atoms with E-state index in [0.717, 1.165) is 22.4 Å². The van der Waals surface area contributed by atoms with E-state index in [2.05, 4.69) is 13.8 Å². The van der Waals surface area contributed by atoms with E-state index >= 15 is 0 Å². The first kappa shape index (κ1) is 10.1. The summed E-state index contributed by atoms with van der Waals surface area (Å²) in [6.45, 7) is 5.89. The summed E-state index contributed by atoms with van der Waals surface area (Å²) in [5, 5.41) is 0. The standard InChI is InChI=1S/C19H26N/c1-13(2)16(5)17-8-10-19(20(6)12-17)18-9-7-14(3)11-15(18)4/h7-13,16H,1-6H3/q+1/t16-/m0/s1/i3D3,16D. The fourth-order valence-electron chi connectivity index (χ4n) is 2.40. The molecule has 0 aliphatic carbocycles. The monoisotopic (exact) mass is 272 g/mol. The maximum Gasteiger partial charge on any atom is 0.212 e. The van der Waals surface area contributed by atoms with E-state index in [4.69, 9.17) is 5.48 Å². The second kappa shape index (κ2) is 5.78. The lowest BCUT2D eigenvalue weighted by Gasteiger charge is -2.15. The highest BCUT2D eigenvalue weighted by molar-refractivity contribution is 5.61. The van der Waals surface area contributed by atoms with Crippen molar-refractivity contribution in [3.05, 3.63) is 53.2 Å². The van der Waals surface area contributed by atoms with E-state index in [0.29, 0.717) is 5.56 Å². The molecule has 1 aromatic carbocycles. The minimum atomic E-state index is -2.08. The molecule has 0 bridgehead atoms. The van der Waals surface area contributed by atoms with Gasteiger partial charge in [0.25, 0.3) is 0 Å². The second-order valence-electron chi connectivity index (χ2n) is 5.78. The zero-order valence-corrected chi connectivity index (χ0v) is 13.0. The zero-order chi connectivity index (χ0) is 18.3. The van der Waals surface area contributed by atoms with E-state index in [1.165, 1.54) is 0 Å². The molecule has 0 saturated carbocycles. The van der Waals surface area contributed by atoms with Gasteiger partial charge in [0.15, 0.2) is 6.20 Å². The molecule has 20 heavy (non-hydrogen) atoms. The Kier molecular flexibility index (Phi) is 2.93. The molecule has 0 spiro atoms. The van der Waals surface area contributed by atoms with Crippen LogP contribution in [0.25, 0.3) is 11.3 Å². The summed E-state index contributed by atoms with van der Waals surface area (Å²) < 4.78 is 33.2. The fraction of sp³-hybridized carbons (Fsp3) is 0.421. The lowest BCUT2D eigenvalue weighted by molar-refractivity contribution is -0.660. The normalized spacial score (nSPS) is 17.9. The highest BCUT2D eigenvalue weighted by Gasteiger charge is 2.17. The summed E-state index contributed by atoms with van der Waals surface area (Å²) in [7, 11) is 1.96. The average molecular weight is 272 g/mol. The summed E-state index contributed by atoms with van der Waals surface area (Å²) in [5.74, 6) is -0.431. The van der Waals surface area contributed by atoms with E-state index in [1.54, 1.807) is 12.1 Å². The molecule has 2 rings (SSSR count). The summed E-state index contributed by atoms with van der Waals surface area (Å²) in [4.78, 5) is 0. The number of benzene rings is 1. The van der Waals surface area contributed by atoms with Crippen molar-refractivity contribution in [2.24, 2.45) is 13.0 Å². The van der Waals surface area contributed by atoms with Gasteiger partial charge in [-0.3, -0.25) is 0 Å². The average Bonchev–Trinajstić information content (AvgIpc) is 2.46. The third kappa shape index (κ3) is 2.92. The van der Waals surface area contributed by atoms with Crippen molar-refractivity contribution in [3.63, 3.8) is 0 Å². The van der Waals surface area contributed by atoms with Gasteiger partial charge in [-0.2, -0.15) is 0 Å². The van der Waals surface area contributed by atoms with E-state index in [-0.39, 0.29) is 5.92 Å². The Morgan fingerprint density at radius 1 is 1.15 bits per heavy atom. The lowest BCUT2D eigenvalue weighted by atomic mass is 9.91. The van der Waals surface area contributed by atoms with Gasteiger partial charge < -0.3 is 0 Å². The third-order valence-corrected chi connectivity index (χ3v) is 3.96. The Morgan fingerprint density at radius 2 is 1.90 bits per heavy atom. The van der Waals surface area contributed by atoms with Gasteiger partial charge >= 0.3 is 0 Å². The molecule has 0 unspecified atom stereocenters. The number of hydrogen-bond acceptors (Lipinski definition) is 0. The predicted molar refractivity (Wildman–Crippen MR) is 85.8 cm³/mol. The number of aryl methyl sites for hydroxylation is 3. The molecular formula is C19H26N+. The predicted octanol–water partition coefficient (Wildman–Crippen LogP) is 4.55. The highest BCUT2D eigenvalue weighted by atomic mass is 14.9. The minimum absolute atomic E-state index is 0.212. The van der Waals surface area contributed by atoms with Gasteiger partial charge in [0.2, 0.25) is 5.69 Å². The SMILES string of the molecule is [2H]C([2H])([2H])c1ccc(-c2ccc([C@@]([2H])(C)C(C)C)c[n+]2C)c(C)c1. The molecule has 0 N–H and O–H groups in total. The summed E-state index contributed by atoms with van der Waals surface area (Å²) >= 11 is 0. The number of hydrogen-bond donors (Lipinski definition) is 0. The van der Waals surface area contributed by atoms with Crippen molar-refractivity contribution < 1.29 is 10.1 Å². The molecule has 1 nitrogen and oxygen atoms in total. The topological polar surface area (TPSA) is 3.88 Å². The van der Waals surface area contributed by atoms with Crippen molar-refractivity contribution in [3.8, 4) is 11.3 Å². The maximum atomic E-state index is 8.56. The molecule has 0 saturated heterocycles. The van der Waals surface area contributed by atoms with Crippen molar-refractivity contribution >= 4 is 0 Å². The minimum Gasteiger partial charge on any atom is -0.201 e. The Hall–Kier alpha value is -1.63. The van der Waals surface area contributed by atoms with Crippen LogP contribution in [-0.4, -0.2) is 0 Å². The number of pyridine rings is 1. The third-order valence-electron chi connectivity index (χ3n) is 3.96. The summed E-state index contributed by atoms with van der Waals surface area (Å²) in [6, 6.07) is 9.29. The van der Waals surface area contributed by atoms with Gasteiger partial charge in [0, 0.05) is 22.7 Å². The van der Waals surface area contributed by atoms with Crippen LogP contribution in [0.2, 0.25) is 0 Å². The van der Waals surface area contributed by atoms with Crippen LogP contribution < -0.4 is 4.57 Å². The molecular weight excluding hydrogens is 242 g/mol. The first-order valence-electron chi connectivity index (χ1n) is 9.06. The Bertz CT molecular complexity index is 746. The second-order valence-corrected chi connectivity index (χ2v) is 5.78. The van der Waals surface area contributed by atoms with Crippen LogP contribution in [0.15, 0.2) is 36.5 Å². The maximum absolute atomic E-state index is 8.56. The first-order chi connectivity index (χ1) is 10.9. The first-order valence-corrected chi connectivity index (χ1v) is 7.06. The Balaban J connectivity index is 2.48. The molecule has 1 atom stereocenters. The highest BCUT2D eigenvalue weighted by Crippen LogP contribution is 2.25. The van der Waals surface area contributed by atoms with Crippen LogP contribution in [0.1, 0.15) is 48.8 Å². The van der Waals surface area contributed by atoms with Gasteiger partial charge in [-0.05, 0) is 43.3 Å².